The predicted octanol–water partition coefficient (Wildman–Crippen LogP) is 2.91. The van der Waals surface area contributed by atoms with Crippen molar-refractivity contribution in [1.82, 2.24) is 0 Å². The summed E-state index contributed by atoms with van der Waals surface area (Å²) in [4.78, 5) is 19.1. The van der Waals surface area contributed by atoms with Crippen molar-refractivity contribution in [2.24, 2.45) is 5.41 Å². The van der Waals surface area contributed by atoms with E-state index in [4.69, 9.17) is 0 Å². The Labute approximate surface area is 86.1 Å². The Kier molecular flexibility index (Phi) is 3.16. The molecule has 1 aliphatic carbocycles. The largest absolute Gasteiger partial charge is 0.332 e. The van der Waals surface area contributed by atoms with Crippen molar-refractivity contribution in [1.29, 1.82) is 0 Å². The fourth-order valence-corrected chi connectivity index (χ4v) is 4.39. The van der Waals surface area contributed by atoms with E-state index in [2.05, 4.69) is 0 Å². The highest BCUT2D eigenvalue weighted by Gasteiger charge is 2.54. The van der Waals surface area contributed by atoms with Gasteiger partial charge in [0, 0.05) is 0 Å². The molecule has 0 amide bonds. The van der Waals surface area contributed by atoms with Crippen molar-refractivity contribution in [3.8, 4) is 0 Å². The van der Waals surface area contributed by atoms with Crippen LogP contribution in [0.5, 0.6) is 0 Å². The number of rotatable bonds is 1. The van der Waals surface area contributed by atoms with Gasteiger partial charge in [-0.1, -0.05) is 40.0 Å². The average Bonchev–Trinajstić information content (AvgIpc) is 2.02. The summed E-state index contributed by atoms with van der Waals surface area (Å²) in [5.74, 6) is 0. The van der Waals surface area contributed by atoms with Gasteiger partial charge in [0.25, 0.3) is 0 Å². The van der Waals surface area contributed by atoms with Gasteiger partial charge >= 0.3 is 7.60 Å². The zero-order valence-electron chi connectivity index (χ0n) is 9.29. The number of hydrogen-bond acceptors (Lipinski definition) is 1. The molecule has 0 spiro atoms. The van der Waals surface area contributed by atoms with Gasteiger partial charge in [-0.05, 0) is 18.3 Å². The van der Waals surface area contributed by atoms with Crippen LogP contribution in [0.15, 0.2) is 0 Å². The lowest BCUT2D eigenvalue weighted by molar-refractivity contribution is 0.164. The second-order valence-electron chi connectivity index (χ2n) is 5.39. The van der Waals surface area contributed by atoms with E-state index >= 15 is 0 Å². The monoisotopic (exact) mass is 220 g/mol. The van der Waals surface area contributed by atoms with Crippen LogP contribution in [0.4, 0.5) is 0 Å². The Hall–Kier alpha value is 0.150. The Morgan fingerprint density at radius 1 is 1.07 bits per heavy atom. The zero-order chi connectivity index (χ0) is 11.0. The van der Waals surface area contributed by atoms with Crippen LogP contribution < -0.4 is 0 Å². The van der Waals surface area contributed by atoms with Gasteiger partial charge in [0.15, 0.2) is 0 Å². The maximum Gasteiger partial charge on any atom is 0.332 e. The molecule has 0 aromatic rings. The van der Waals surface area contributed by atoms with Crippen molar-refractivity contribution in [2.45, 2.75) is 58.0 Å². The molecule has 0 atom stereocenters. The summed E-state index contributed by atoms with van der Waals surface area (Å²) in [5.41, 5.74) is -0.313. The Morgan fingerprint density at radius 2 is 1.50 bits per heavy atom. The van der Waals surface area contributed by atoms with Gasteiger partial charge in [-0.3, -0.25) is 4.57 Å². The average molecular weight is 220 g/mol. The van der Waals surface area contributed by atoms with Gasteiger partial charge in [-0.2, -0.15) is 0 Å². The summed E-state index contributed by atoms with van der Waals surface area (Å²) >= 11 is 0. The van der Waals surface area contributed by atoms with Crippen LogP contribution in [0.25, 0.3) is 0 Å². The van der Waals surface area contributed by atoms with E-state index in [0.29, 0.717) is 12.8 Å². The van der Waals surface area contributed by atoms with E-state index in [0.717, 1.165) is 19.3 Å². The summed E-state index contributed by atoms with van der Waals surface area (Å²) in [6.07, 6.45) is 4.34. The van der Waals surface area contributed by atoms with Crippen LogP contribution in [0, 0.1) is 5.41 Å². The molecular formula is C10H21O3P. The molecule has 1 aliphatic rings. The van der Waals surface area contributed by atoms with E-state index in [9.17, 15) is 14.4 Å². The lowest BCUT2D eigenvalue weighted by atomic mass is 9.71. The minimum absolute atomic E-state index is 0.313. The fourth-order valence-electron chi connectivity index (χ4n) is 2.61. The topological polar surface area (TPSA) is 57.5 Å². The highest BCUT2D eigenvalue weighted by molar-refractivity contribution is 7.53. The second-order valence-corrected chi connectivity index (χ2v) is 7.33. The Balaban J connectivity index is 3.08. The van der Waals surface area contributed by atoms with Crippen LogP contribution in [-0.2, 0) is 4.57 Å². The minimum atomic E-state index is -3.99. The second kappa shape index (κ2) is 3.62. The predicted molar refractivity (Wildman–Crippen MR) is 57.3 cm³/mol. The quantitative estimate of drug-likeness (QED) is 0.668. The van der Waals surface area contributed by atoms with E-state index in [-0.39, 0.29) is 5.41 Å². The van der Waals surface area contributed by atoms with Crippen molar-refractivity contribution >= 4 is 7.60 Å². The number of hydrogen-bond donors (Lipinski definition) is 2. The molecule has 0 saturated heterocycles. The normalized spacial score (nSPS) is 23.5. The third-order valence-corrected chi connectivity index (χ3v) is 5.87. The Morgan fingerprint density at radius 3 is 1.71 bits per heavy atom. The van der Waals surface area contributed by atoms with Gasteiger partial charge in [0.1, 0.15) is 0 Å². The lowest BCUT2D eigenvalue weighted by Crippen LogP contribution is -2.44. The summed E-state index contributed by atoms with van der Waals surface area (Å²) in [6.45, 7) is 5.83. The van der Waals surface area contributed by atoms with Crippen molar-refractivity contribution in [2.75, 3.05) is 0 Å². The summed E-state index contributed by atoms with van der Waals surface area (Å²) < 4.78 is 11.6. The molecule has 1 fully saturated rings. The molecule has 0 unspecified atom stereocenters. The third kappa shape index (κ3) is 1.91. The summed E-state index contributed by atoms with van der Waals surface area (Å²) in [7, 11) is -3.99. The molecule has 3 nitrogen and oxygen atoms in total. The Bertz CT molecular complexity index is 243. The molecule has 1 rings (SSSR count). The van der Waals surface area contributed by atoms with Gasteiger partial charge < -0.3 is 9.79 Å². The molecule has 1 saturated carbocycles. The molecule has 2 N–H and O–H groups in total. The van der Waals surface area contributed by atoms with Gasteiger partial charge in [-0.25, -0.2) is 0 Å². The SMILES string of the molecule is CC(C)(C)C1(P(=O)(O)O)CCCCC1. The van der Waals surface area contributed by atoms with E-state index in [1.807, 2.05) is 20.8 Å². The van der Waals surface area contributed by atoms with Crippen LogP contribution in [0.2, 0.25) is 0 Å². The fraction of sp³-hybridized carbons (Fsp3) is 1.00. The van der Waals surface area contributed by atoms with Gasteiger partial charge in [0.05, 0.1) is 5.16 Å². The van der Waals surface area contributed by atoms with Crippen molar-refractivity contribution < 1.29 is 14.4 Å². The first-order valence-corrected chi connectivity index (χ1v) is 6.88. The molecular weight excluding hydrogens is 199 g/mol. The maximum absolute atomic E-state index is 11.6. The molecule has 14 heavy (non-hydrogen) atoms. The zero-order valence-corrected chi connectivity index (χ0v) is 10.2. The van der Waals surface area contributed by atoms with Gasteiger partial charge in [0.2, 0.25) is 0 Å². The minimum Gasteiger partial charge on any atom is -0.324 e. The molecule has 0 heterocycles. The van der Waals surface area contributed by atoms with Crippen molar-refractivity contribution in [3.05, 3.63) is 0 Å². The summed E-state index contributed by atoms with van der Waals surface area (Å²) in [5, 5.41) is -0.780. The van der Waals surface area contributed by atoms with E-state index in [1.54, 1.807) is 0 Å². The molecule has 0 aromatic carbocycles. The molecule has 4 heteroatoms. The van der Waals surface area contributed by atoms with Crippen LogP contribution in [0.1, 0.15) is 52.9 Å². The lowest BCUT2D eigenvalue weighted by Gasteiger charge is -2.47. The first-order chi connectivity index (χ1) is 6.21. The first kappa shape index (κ1) is 12.2. The van der Waals surface area contributed by atoms with E-state index < -0.39 is 12.8 Å². The summed E-state index contributed by atoms with van der Waals surface area (Å²) in [6, 6.07) is 0. The standard InChI is InChI=1S/C10H21O3P/c1-9(2,3)10(14(11,12)13)7-5-4-6-8-10/h4-8H2,1-3H3,(H2,11,12,13). The highest BCUT2D eigenvalue weighted by atomic mass is 31.2. The molecule has 0 radical (unpaired) electrons. The highest BCUT2D eigenvalue weighted by Crippen LogP contribution is 2.65. The third-order valence-electron chi connectivity index (χ3n) is 3.63. The molecule has 84 valence electrons. The van der Waals surface area contributed by atoms with Crippen LogP contribution in [0.3, 0.4) is 0 Å². The van der Waals surface area contributed by atoms with Crippen LogP contribution >= 0.6 is 7.60 Å². The van der Waals surface area contributed by atoms with Crippen LogP contribution in [-0.4, -0.2) is 14.9 Å². The van der Waals surface area contributed by atoms with Gasteiger partial charge in [-0.15, -0.1) is 0 Å². The van der Waals surface area contributed by atoms with Crippen molar-refractivity contribution in [3.63, 3.8) is 0 Å². The smallest absolute Gasteiger partial charge is 0.324 e. The first-order valence-electron chi connectivity index (χ1n) is 5.26. The van der Waals surface area contributed by atoms with E-state index in [1.165, 1.54) is 0 Å². The maximum atomic E-state index is 11.6. The molecule has 0 aromatic heterocycles. The molecule has 0 aliphatic heterocycles. The molecule has 0 bridgehead atoms.